The number of rotatable bonds is 3. The number of carbonyl (C=O) groups excluding carboxylic acids is 1. The molecule has 3 rings (SSSR count). The van der Waals surface area contributed by atoms with Crippen molar-refractivity contribution in [3.63, 3.8) is 0 Å². The molecule has 0 N–H and O–H groups in total. The first-order chi connectivity index (χ1) is 9.74. The highest BCUT2D eigenvalue weighted by atomic mass is 79.9. The van der Waals surface area contributed by atoms with Crippen LogP contribution in [0.4, 0.5) is 0 Å². The number of carbonyl (C=O) groups is 1. The van der Waals surface area contributed by atoms with E-state index in [9.17, 15) is 4.79 Å². The summed E-state index contributed by atoms with van der Waals surface area (Å²) in [6, 6.07) is 14.7. The Bertz CT molecular complexity index is 616. The van der Waals surface area contributed by atoms with Gasteiger partial charge in [0.15, 0.2) is 12.1 Å². The Kier molecular flexibility index (Phi) is 3.96. The van der Waals surface area contributed by atoms with E-state index in [0.29, 0.717) is 24.3 Å². The van der Waals surface area contributed by atoms with Crippen molar-refractivity contribution >= 4 is 21.7 Å². The highest BCUT2D eigenvalue weighted by molar-refractivity contribution is 9.10. The predicted octanol–water partition coefficient (Wildman–Crippen LogP) is 3.73. The molecule has 2 aromatic carbocycles. The van der Waals surface area contributed by atoms with Crippen LogP contribution in [-0.2, 0) is 9.47 Å². The summed E-state index contributed by atoms with van der Waals surface area (Å²) in [5.41, 5.74) is 2.26. The molecule has 0 unspecified atom stereocenters. The van der Waals surface area contributed by atoms with Crippen LogP contribution in [0.1, 0.15) is 27.8 Å². The van der Waals surface area contributed by atoms with E-state index in [1.54, 1.807) is 0 Å². The van der Waals surface area contributed by atoms with Gasteiger partial charge in [-0.05, 0) is 12.1 Å². The molecule has 0 amide bonds. The molecule has 3 nitrogen and oxygen atoms in total. The van der Waals surface area contributed by atoms with Gasteiger partial charge >= 0.3 is 0 Å². The lowest BCUT2D eigenvalue weighted by Gasteiger charge is -2.09. The molecule has 1 saturated heterocycles. The zero-order chi connectivity index (χ0) is 13.9. The predicted molar refractivity (Wildman–Crippen MR) is 78.7 cm³/mol. The smallest absolute Gasteiger partial charge is 0.193 e. The van der Waals surface area contributed by atoms with Crippen LogP contribution in [-0.4, -0.2) is 19.0 Å². The summed E-state index contributed by atoms with van der Waals surface area (Å²) in [6.07, 6.45) is -0.301. The summed E-state index contributed by atoms with van der Waals surface area (Å²) in [4.78, 5) is 12.3. The summed E-state index contributed by atoms with van der Waals surface area (Å²) in [7, 11) is 0. The average molecular weight is 333 g/mol. The third kappa shape index (κ3) is 2.82. The van der Waals surface area contributed by atoms with Crippen molar-refractivity contribution in [1.82, 2.24) is 0 Å². The molecule has 4 heteroatoms. The minimum Gasteiger partial charge on any atom is -0.346 e. The van der Waals surface area contributed by atoms with Gasteiger partial charge < -0.3 is 9.47 Å². The average Bonchev–Trinajstić information content (AvgIpc) is 3.01. The van der Waals surface area contributed by atoms with Crippen molar-refractivity contribution in [3.05, 3.63) is 69.7 Å². The maximum atomic E-state index is 12.3. The Morgan fingerprint density at radius 2 is 1.70 bits per heavy atom. The molecule has 0 saturated carbocycles. The summed E-state index contributed by atoms with van der Waals surface area (Å²) in [5.74, 6) is 0.00566. The molecule has 0 atom stereocenters. The minimum atomic E-state index is -0.301. The highest BCUT2D eigenvalue weighted by Crippen LogP contribution is 2.24. The van der Waals surface area contributed by atoms with E-state index in [2.05, 4.69) is 15.9 Å². The lowest BCUT2D eigenvalue weighted by molar-refractivity contribution is -0.0441. The van der Waals surface area contributed by atoms with Gasteiger partial charge in [-0.1, -0.05) is 52.3 Å². The number of hydrogen-bond donors (Lipinski definition) is 0. The van der Waals surface area contributed by atoms with E-state index in [-0.39, 0.29) is 12.1 Å². The molecule has 0 aliphatic carbocycles. The first-order valence-corrected chi connectivity index (χ1v) is 7.17. The molecule has 1 fully saturated rings. The fourth-order valence-corrected chi connectivity index (χ4v) is 2.54. The van der Waals surface area contributed by atoms with Crippen LogP contribution < -0.4 is 0 Å². The van der Waals surface area contributed by atoms with Crippen molar-refractivity contribution in [2.75, 3.05) is 13.2 Å². The Morgan fingerprint density at radius 3 is 2.35 bits per heavy atom. The first-order valence-electron chi connectivity index (χ1n) is 6.37. The normalized spacial score (nSPS) is 15.4. The zero-order valence-corrected chi connectivity index (χ0v) is 12.3. The van der Waals surface area contributed by atoms with Gasteiger partial charge in [0.05, 0.1) is 13.2 Å². The summed E-state index contributed by atoms with van der Waals surface area (Å²) in [5, 5.41) is 0. The van der Waals surface area contributed by atoms with Gasteiger partial charge in [-0.3, -0.25) is 4.79 Å². The minimum absolute atomic E-state index is 0.00566. The third-order valence-corrected chi connectivity index (χ3v) is 3.65. The SMILES string of the molecule is O=C(c1ccc(C2OCCO2)cc1)c1cccc(Br)c1. The molecule has 0 bridgehead atoms. The van der Waals surface area contributed by atoms with Crippen LogP contribution >= 0.6 is 15.9 Å². The van der Waals surface area contributed by atoms with Crippen LogP contribution in [0.25, 0.3) is 0 Å². The number of halogens is 1. The topological polar surface area (TPSA) is 35.5 Å². The molecular formula is C16H13BrO3. The lowest BCUT2D eigenvalue weighted by Crippen LogP contribution is -2.03. The Hall–Kier alpha value is -1.49. The van der Waals surface area contributed by atoms with E-state index < -0.39 is 0 Å². The Morgan fingerprint density at radius 1 is 1.00 bits per heavy atom. The quantitative estimate of drug-likeness (QED) is 0.803. The van der Waals surface area contributed by atoms with E-state index in [4.69, 9.17) is 9.47 Å². The molecule has 1 heterocycles. The molecule has 2 aromatic rings. The van der Waals surface area contributed by atoms with E-state index >= 15 is 0 Å². The van der Waals surface area contributed by atoms with Crippen molar-refractivity contribution < 1.29 is 14.3 Å². The van der Waals surface area contributed by atoms with Gasteiger partial charge in [-0.15, -0.1) is 0 Å². The molecule has 1 aliphatic rings. The molecule has 0 spiro atoms. The van der Waals surface area contributed by atoms with Crippen molar-refractivity contribution in [1.29, 1.82) is 0 Å². The maximum absolute atomic E-state index is 12.3. The second-order valence-corrected chi connectivity index (χ2v) is 5.45. The van der Waals surface area contributed by atoms with Crippen molar-refractivity contribution in [2.45, 2.75) is 6.29 Å². The number of ether oxygens (including phenoxy) is 2. The fraction of sp³-hybridized carbons (Fsp3) is 0.188. The summed E-state index contributed by atoms with van der Waals surface area (Å²) >= 11 is 3.37. The van der Waals surface area contributed by atoms with Crippen LogP contribution in [0, 0.1) is 0 Å². The second-order valence-electron chi connectivity index (χ2n) is 4.53. The summed E-state index contributed by atoms with van der Waals surface area (Å²) < 4.78 is 11.7. The van der Waals surface area contributed by atoms with Crippen LogP contribution in [0.2, 0.25) is 0 Å². The zero-order valence-electron chi connectivity index (χ0n) is 10.7. The van der Waals surface area contributed by atoms with E-state index in [0.717, 1.165) is 10.0 Å². The molecule has 0 aromatic heterocycles. The van der Waals surface area contributed by atoms with Crippen molar-refractivity contribution in [3.8, 4) is 0 Å². The van der Waals surface area contributed by atoms with Gasteiger partial charge in [0.2, 0.25) is 0 Å². The molecule has 20 heavy (non-hydrogen) atoms. The van der Waals surface area contributed by atoms with Gasteiger partial charge in [-0.25, -0.2) is 0 Å². The largest absolute Gasteiger partial charge is 0.346 e. The number of hydrogen-bond acceptors (Lipinski definition) is 3. The Balaban J connectivity index is 1.82. The monoisotopic (exact) mass is 332 g/mol. The number of ketones is 1. The summed E-state index contributed by atoms with van der Waals surface area (Å²) in [6.45, 7) is 1.23. The molecule has 1 aliphatic heterocycles. The van der Waals surface area contributed by atoms with Crippen LogP contribution in [0.15, 0.2) is 53.0 Å². The highest BCUT2D eigenvalue weighted by Gasteiger charge is 2.18. The van der Waals surface area contributed by atoms with Gasteiger partial charge in [0.25, 0.3) is 0 Å². The van der Waals surface area contributed by atoms with Gasteiger partial charge in [0, 0.05) is 21.2 Å². The standard InChI is InChI=1S/C16H13BrO3/c17-14-3-1-2-13(10-14)15(18)11-4-6-12(7-5-11)16-19-8-9-20-16/h1-7,10,16H,8-9H2. The molecular weight excluding hydrogens is 320 g/mol. The van der Waals surface area contributed by atoms with Crippen molar-refractivity contribution in [2.24, 2.45) is 0 Å². The fourth-order valence-electron chi connectivity index (χ4n) is 2.14. The van der Waals surface area contributed by atoms with Gasteiger partial charge in [0.1, 0.15) is 0 Å². The number of benzene rings is 2. The van der Waals surface area contributed by atoms with Crippen LogP contribution in [0.3, 0.4) is 0 Å². The lowest BCUT2D eigenvalue weighted by atomic mass is 10.0. The second kappa shape index (κ2) is 5.87. The molecule has 102 valence electrons. The van der Waals surface area contributed by atoms with Crippen LogP contribution in [0.5, 0.6) is 0 Å². The Labute approximate surface area is 125 Å². The third-order valence-electron chi connectivity index (χ3n) is 3.15. The molecule has 0 radical (unpaired) electrons. The first kappa shape index (κ1) is 13.5. The van der Waals surface area contributed by atoms with E-state index in [1.165, 1.54) is 0 Å². The maximum Gasteiger partial charge on any atom is 0.193 e. The van der Waals surface area contributed by atoms with E-state index in [1.807, 2.05) is 48.5 Å². The van der Waals surface area contributed by atoms with Gasteiger partial charge in [-0.2, -0.15) is 0 Å².